The van der Waals surface area contributed by atoms with Gasteiger partial charge in [0.1, 0.15) is 6.10 Å². The minimum Gasteiger partial charge on any atom is -0.450 e. The largest absolute Gasteiger partial charge is 0.506 e. The van der Waals surface area contributed by atoms with Gasteiger partial charge in [-0.1, -0.05) is 6.08 Å². The van der Waals surface area contributed by atoms with Crippen LogP contribution in [0.25, 0.3) is 0 Å². The van der Waals surface area contributed by atoms with E-state index in [2.05, 4.69) is 4.74 Å². The molecule has 4 nitrogen and oxygen atoms in total. The van der Waals surface area contributed by atoms with Crippen LogP contribution in [0.2, 0.25) is 0 Å². The Bertz CT molecular complexity index is 203. The fourth-order valence-corrected chi connectivity index (χ4v) is 1.40. The maximum atomic E-state index is 10.3. The van der Waals surface area contributed by atoms with Crippen molar-refractivity contribution in [2.24, 2.45) is 5.73 Å². The molecule has 0 aromatic rings. The Morgan fingerprint density at radius 1 is 1.46 bits per heavy atom. The summed E-state index contributed by atoms with van der Waals surface area (Å²) in [6.07, 6.45) is 5.59. The van der Waals surface area contributed by atoms with Gasteiger partial charge in [-0.2, -0.15) is 0 Å². The van der Waals surface area contributed by atoms with Crippen molar-refractivity contribution < 1.29 is 14.6 Å². The highest BCUT2D eigenvalue weighted by atomic mass is 16.7. The molecule has 4 heteroatoms. The number of hydrogen-bond donors (Lipinski definition) is 2. The van der Waals surface area contributed by atoms with Crippen molar-refractivity contribution in [3.05, 3.63) is 12.2 Å². The van der Waals surface area contributed by atoms with E-state index in [9.17, 15) is 4.79 Å². The molecule has 0 aromatic carbocycles. The van der Waals surface area contributed by atoms with Crippen LogP contribution in [0.1, 0.15) is 25.7 Å². The summed E-state index contributed by atoms with van der Waals surface area (Å²) in [5, 5.41) is 8.41. The van der Waals surface area contributed by atoms with Gasteiger partial charge in [0.2, 0.25) is 0 Å². The zero-order chi connectivity index (χ0) is 9.68. The van der Waals surface area contributed by atoms with Gasteiger partial charge in [-0.3, -0.25) is 0 Å². The lowest BCUT2D eigenvalue weighted by Gasteiger charge is -2.17. The Labute approximate surface area is 77.4 Å². The van der Waals surface area contributed by atoms with Gasteiger partial charge < -0.3 is 15.6 Å². The Kier molecular flexibility index (Phi) is 3.76. The average Bonchev–Trinajstić information content (AvgIpc) is 2.03. The third-order valence-corrected chi connectivity index (χ3v) is 2.13. The maximum Gasteiger partial charge on any atom is 0.506 e. The second kappa shape index (κ2) is 4.87. The van der Waals surface area contributed by atoms with E-state index >= 15 is 0 Å². The van der Waals surface area contributed by atoms with E-state index in [0.29, 0.717) is 6.42 Å². The molecular weight excluding hydrogens is 170 g/mol. The third-order valence-electron chi connectivity index (χ3n) is 2.13. The fraction of sp³-hybridized carbons (Fsp3) is 0.667. The highest BCUT2D eigenvalue weighted by Gasteiger charge is 2.14. The molecule has 0 aromatic heterocycles. The number of allylic oxidation sites excluding steroid dienone is 1. The summed E-state index contributed by atoms with van der Waals surface area (Å²) >= 11 is 0. The Balaban J connectivity index is 2.44. The van der Waals surface area contributed by atoms with Crippen molar-refractivity contribution in [3.63, 3.8) is 0 Å². The standard InChI is InChI=1S/C9H15NO3/c10-7-3-1-2-4-8(6-5-7)13-9(11)12/h2,4,7-8H,1,3,5-6,10H2,(H,11,12)/b4-2+. The zero-order valence-electron chi connectivity index (χ0n) is 7.48. The van der Waals surface area contributed by atoms with Gasteiger partial charge in [0.15, 0.2) is 0 Å². The van der Waals surface area contributed by atoms with Crippen LogP contribution in [0, 0.1) is 0 Å². The summed E-state index contributed by atoms with van der Waals surface area (Å²) in [5.41, 5.74) is 5.76. The van der Waals surface area contributed by atoms with Crippen LogP contribution in [0.15, 0.2) is 12.2 Å². The predicted octanol–water partition coefficient (Wildman–Crippen LogP) is 1.51. The summed E-state index contributed by atoms with van der Waals surface area (Å²) in [6, 6.07) is 0.171. The first-order valence-electron chi connectivity index (χ1n) is 4.50. The molecule has 1 rings (SSSR count). The van der Waals surface area contributed by atoms with Crippen LogP contribution in [0.5, 0.6) is 0 Å². The lowest BCUT2D eigenvalue weighted by Crippen LogP contribution is -2.24. The second-order valence-electron chi connectivity index (χ2n) is 3.27. The minimum atomic E-state index is -1.22. The Hall–Kier alpha value is -1.03. The molecule has 0 saturated carbocycles. The first kappa shape index (κ1) is 10.1. The van der Waals surface area contributed by atoms with Crippen molar-refractivity contribution in [3.8, 4) is 0 Å². The quantitative estimate of drug-likeness (QED) is 0.479. The van der Waals surface area contributed by atoms with Crippen molar-refractivity contribution in [2.45, 2.75) is 37.8 Å². The number of rotatable bonds is 1. The molecule has 0 radical (unpaired) electrons. The van der Waals surface area contributed by atoms with Gasteiger partial charge in [-0.05, 0) is 31.8 Å². The van der Waals surface area contributed by atoms with Gasteiger partial charge in [0, 0.05) is 6.04 Å². The highest BCUT2D eigenvalue weighted by molar-refractivity contribution is 5.57. The van der Waals surface area contributed by atoms with Crippen molar-refractivity contribution >= 4 is 6.16 Å². The van der Waals surface area contributed by atoms with Crippen LogP contribution in [-0.2, 0) is 4.74 Å². The molecule has 74 valence electrons. The number of hydrogen-bond acceptors (Lipinski definition) is 3. The van der Waals surface area contributed by atoms with Crippen LogP contribution >= 0.6 is 0 Å². The van der Waals surface area contributed by atoms with E-state index in [-0.39, 0.29) is 12.1 Å². The van der Waals surface area contributed by atoms with Crippen LogP contribution in [-0.4, -0.2) is 23.4 Å². The van der Waals surface area contributed by atoms with E-state index in [0.717, 1.165) is 19.3 Å². The van der Waals surface area contributed by atoms with Gasteiger partial charge in [-0.25, -0.2) is 4.79 Å². The van der Waals surface area contributed by atoms with Crippen molar-refractivity contribution in [2.75, 3.05) is 0 Å². The van der Waals surface area contributed by atoms with Crippen LogP contribution < -0.4 is 5.73 Å². The lowest BCUT2D eigenvalue weighted by molar-refractivity contribution is 0.0642. The normalized spacial score (nSPS) is 31.5. The van der Waals surface area contributed by atoms with E-state index in [1.54, 1.807) is 6.08 Å². The number of carboxylic acid groups (broad SMARTS) is 1. The molecule has 2 atom stereocenters. The van der Waals surface area contributed by atoms with Gasteiger partial charge in [0.25, 0.3) is 0 Å². The molecule has 2 unspecified atom stereocenters. The first-order valence-corrected chi connectivity index (χ1v) is 4.50. The van der Waals surface area contributed by atoms with E-state index < -0.39 is 6.16 Å². The molecule has 0 aliphatic heterocycles. The minimum absolute atomic E-state index is 0.171. The molecule has 1 aliphatic carbocycles. The van der Waals surface area contributed by atoms with Crippen LogP contribution in [0.3, 0.4) is 0 Å². The molecule has 0 heterocycles. The summed E-state index contributed by atoms with van der Waals surface area (Å²) in [7, 11) is 0. The summed E-state index contributed by atoms with van der Waals surface area (Å²) in [6.45, 7) is 0. The average molecular weight is 185 g/mol. The molecule has 3 N–H and O–H groups in total. The topological polar surface area (TPSA) is 72.5 Å². The number of ether oxygens (including phenoxy) is 1. The van der Waals surface area contributed by atoms with Crippen LogP contribution in [0.4, 0.5) is 4.79 Å². The second-order valence-corrected chi connectivity index (χ2v) is 3.27. The fourth-order valence-electron chi connectivity index (χ4n) is 1.40. The molecule has 0 amide bonds. The Morgan fingerprint density at radius 2 is 2.23 bits per heavy atom. The molecule has 13 heavy (non-hydrogen) atoms. The Morgan fingerprint density at radius 3 is 2.92 bits per heavy atom. The predicted molar refractivity (Wildman–Crippen MR) is 48.5 cm³/mol. The lowest BCUT2D eigenvalue weighted by atomic mass is 10.0. The maximum absolute atomic E-state index is 10.3. The molecular formula is C9H15NO3. The molecule has 0 fully saturated rings. The molecule has 0 spiro atoms. The summed E-state index contributed by atoms with van der Waals surface area (Å²) in [4.78, 5) is 10.3. The van der Waals surface area contributed by atoms with Crippen molar-refractivity contribution in [1.82, 2.24) is 0 Å². The first-order chi connectivity index (χ1) is 6.18. The monoisotopic (exact) mass is 185 g/mol. The molecule has 1 aliphatic rings. The smallest absolute Gasteiger partial charge is 0.450 e. The molecule has 0 saturated heterocycles. The van der Waals surface area contributed by atoms with E-state index in [1.165, 1.54) is 0 Å². The van der Waals surface area contributed by atoms with Gasteiger partial charge in [0.05, 0.1) is 0 Å². The highest BCUT2D eigenvalue weighted by Crippen LogP contribution is 2.13. The summed E-state index contributed by atoms with van der Waals surface area (Å²) in [5.74, 6) is 0. The number of carbonyl (C=O) groups is 1. The SMILES string of the molecule is NC1CC/C=C/C(OC(=O)O)CC1. The zero-order valence-corrected chi connectivity index (χ0v) is 7.48. The number of nitrogens with two attached hydrogens (primary N) is 1. The van der Waals surface area contributed by atoms with Crippen molar-refractivity contribution in [1.29, 1.82) is 0 Å². The third kappa shape index (κ3) is 3.94. The van der Waals surface area contributed by atoms with Gasteiger partial charge >= 0.3 is 6.16 Å². The molecule has 0 bridgehead atoms. The van der Waals surface area contributed by atoms with E-state index in [4.69, 9.17) is 10.8 Å². The summed E-state index contributed by atoms with van der Waals surface area (Å²) < 4.78 is 4.65. The van der Waals surface area contributed by atoms with Gasteiger partial charge in [-0.15, -0.1) is 0 Å². The van der Waals surface area contributed by atoms with E-state index in [1.807, 2.05) is 6.08 Å².